The van der Waals surface area contributed by atoms with Crippen LogP contribution in [0.1, 0.15) is 45.5 Å². The van der Waals surface area contributed by atoms with Gasteiger partial charge in [0.2, 0.25) is 8.22 Å². The predicted octanol–water partition coefficient (Wildman–Crippen LogP) is 3.07. The summed E-state index contributed by atoms with van der Waals surface area (Å²) in [5.74, 6) is 2.54. The molecule has 4 aliphatic heterocycles. The number of aliphatic hydroxyl groups is 1. The number of methoxy groups -OCH3 is 1. The van der Waals surface area contributed by atoms with Gasteiger partial charge in [-0.25, -0.2) is 0 Å². The number of aryl methyl sites for hydroxylation is 1. The van der Waals surface area contributed by atoms with Crippen LogP contribution in [0.25, 0.3) is 0 Å². The molecule has 2 aromatic rings. The van der Waals surface area contributed by atoms with Crippen LogP contribution >= 0.6 is 0 Å². The van der Waals surface area contributed by atoms with Gasteiger partial charge in [0.15, 0.2) is 23.0 Å². The van der Waals surface area contributed by atoms with Gasteiger partial charge in [0, 0.05) is 34.3 Å². The molecule has 9 nitrogen and oxygen atoms in total. The Labute approximate surface area is 223 Å². The molecular formula is C29H33N3O6. The number of fused-ring (bicyclic) bond motifs is 9. The summed E-state index contributed by atoms with van der Waals surface area (Å²) in [6.45, 7) is 8.11. The molecule has 5 atom stereocenters. The number of nitriles is 1. The van der Waals surface area contributed by atoms with Gasteiger partial charge in [-0.2, -0.15) is 5.26 Å². The van der Waals surface area contributed by atoms with Gasteiger partial charge >= 0.3 is 0 Å². The second kappa shape index (κ2) is 9.09. The van der Waals surface area contributed by atoms with E-state index in [2.05, 4.69) is 28.5 Å². The maximum Gasteiger partial charge on any atom is 0.231 e. The van der Waals surface area contributed by atoms with Crippen LogP contribution in [0.2, 0.25) is 0 Å². The number of hydrogen-bond acceptors (Lipinski definition) is 9. The van der Waals surface area contributed by atoms with Gasteiger partial charge in [-0.15, -0.1) is 0 Å². The summed E-state index contributed by atoms with van der Waals surface area (Å²) >= 11 is 0. The van der Waals surface area contributed by atoms with Crippen LogP contribution in [0.3, 0.4) is 0 Å². The van der Waals surface area contributed by atoms with Gasteiger partial charge in [0.05, 0.1) is 31.9 Å². The Kier molecular flexibility index (Phi) is 5.65. The molecule has 4 aliphatic rings. The first-order valence-corrected chi connectivity index (χ1v) is 12.9. The number of aromatic hydroxyl groups is 1. The van der Waals surface area contributed by atoms with Gasteiger partial charge in [-0.3, -0.25) is 9.80 Å². The lowest BCUT2D eigenvalue weighted by Crippen LogP contribution is -2.68. The molecule has 2 bridgehead atoms. The monoisotopic (exact) mass is 521 g/mol. The largest absolute Gasteiger partial charge is 0.504 e. The number of ether oxygens (including phenoxy) is 4. The maximum absolute atomic E-state index is 11.5. The molecule has 1 fully saturated rings. The van der Waals surface area contributed by atoms with Crippen molar-refractivity contribution in [1.82, 2.24) is 9.80 Å². The SMILES string of the molecule is [3H]OC[C@H]1c2c(c(OCC=C)c(C)c3c2OCO3)CC2[C@H]3c4c(cc(C)c(OC)c4O)C[C@@H]([C@H](C#N)N21)N3C. The van der Waals surface area contributed by atoms with Crippen molar-refractivity contribution in [2.75, 3.05) is 34.2 Å². The molecular weight excluding hydrogens is 486 g/mol. The van der Waals surface area contributed by atoms with Gasteiger partial charge in [0.25, 0.3) is 0 Å². The molecule has 0 spiro atoms. The van der Waals surface area contributed by atoms with Crippen molar-refractivity contribution in [3.05, 3.63) is 52.1 Å². The summed E-state index contributed by atoms with van der Waals surface area (Å²) in [5, 5.41) is 27.1. The molecule has 0 aliphatic carbocycles. The molecule has 4 heterocycles. The summed E-state index contributed by atoms with van der Waals surface area (Å²) in [4.78, 5) is 4.40. The molecule has 2 N–H and O–H groups in total. The van der Waals surface area contributed by atoms with Crippen LogP contribution in [-0.4, -0.2) is 73.7 Å². The van der Waals surface area contributed by atoms with Crippen LogP contribution in [-0.2, 0) is 12.8 Å². The lowest BCUT2D eigenvalue weighted by Gasteiger charge is -2.59. The number of nitrogens with zero attached hydrogens (tertiary/aromatic N) is 3. The fourth-order valence-corrected chi connectivity index (χ4v) is 7.33. The summed E-state index contributed by atoms with van der Waals surface area (Å²) in [5.41, 5.74) is 5.33. The molecule has 0 saturated carbocycles. The van der Waals surface area contributed by atoms with E-state index in [0.29, 0.717) is 42.4 Å². The molecule has 0 aromatic heterocycles. The quantitative estimate of drug-likeness (QED) is 0.555. The third-order valence-corrected chi connectivity index (χ3v) is 8.77. The summed E-state index contributed by atoms with van der Waals surface area (Å²) in [7, 11) is 3.59. The molecule has 38 heavy (non-hydrogen) atoms. The normalized spacial score (nSPS) is 27.4. The summed E-state index contributed by atoms with van der Waals surface area (Å²) in [6, 6.07) is 3.12. The fraction of sp³-hybridized carbons (Fsp3) is 0.483. The number of likely N-dealkylation sites (N-methyl/N-ethyl adjacent to an activating group) is 1. The number of phenols is 1. The molecule has 0 radical (unpaired) electrons. The zero-order valence-corrected chi connectivity index (χ0v) is 22.1. The zero-order valence-electron chi connectivity index (χ0n) is 23.1. The zero-order chi connectivity index (χ0) is 27.6. The second-order valence-corrected chi connectivity index (χ2v) is 10.5. The average Bonchev–Trinajstić information content (AvgIpc) is 3.40. The van der Waals surface area contributed by atoms with E-state index < -0.39 is 12.1 Å². The number of piperazine rings is 1. The van der Waals surface area contributed by atoms with Crippen LogP contribution in [0, 0.1) is 25.2 Å². The molecule has 2 aromatic carbocycles. The Morgan fingerprint density at radius 2 is 2.03 bits per heavy atom. The minimum absolute atomic E-state index is 0.0284. The van der Waals surface area contributed by atoms with Crippen molar-refractivity contribution < 1.29 is 29.2 Å². The number of hydrogen-bond donors (Lipinski definition) is 2. The Morgan fingerprint density at radius 3 is 2.74 bits per heavy atom. The first kappa shape index (κ1) is 23.7. The predicted molar refractivity (Wildman–Crippen MR) is 139 cm³/mol. The minimum atomic E-state index is -0.487. The molecule has 9 heteroatoms. The molecule has 6 rings (SSSR count). The Morgan fingerprint density at radius 1 is 1.24 bits per heavy atom. The molecule has 1 unspecified atom stereocenters. The third kappa shape index (κ3) is 3.20. The lowest BCUT2D eigenvalue weighted by molar-refractivity contribution is -0.0825. The Hall–Kier alpha value is -3.45. The molecule has 200 valence electrons. The number of phenolic OH excluding ortho intramolecular Hbond substituents is 1. The number of rotatable bonds is 6. The van der Waals surface area contributed by atoms with Gasteiger partial charge in [-0.05, 0) is 44.9 Å². The first-order chi connectivity index (χ1) is 18.9. The fourth-order valence-electron chi connectivity index (χ4n) is 7.33. The minimum Gasteiger partial charge on any atom is -0.504 e. The van der Waals surface area contributed by atoms with Crippen molar-refractivity contribution in [2.24, 2.45) is 0 Å². The smallest absolute Gasteiger partial charge is 0.231 e. The average molecular weight is 522 g/mol. The molecule has 0 amide bonds. The van der Waals surface area contributed by atoms with Crippen LogP contribution in [0.4, 0.5) is 0 Å². The van der Waals surface area contributed by atoms with E-state index in [4.69, 9.17) is 25.5 Å². The highest BCUT2D eigenvalue weighted by molar-refractivity contribution is 5.66. The van der Waals surface area contributed by atoms with Crippen molar-refractivity contribution in [1.29, 1.82) is 6.69 Å². The first-order valence-electron chi connectivity index (χ1n) is 13.3. The highest BCUT2D eigenvalue weighted by Crippen LogP contribution is 2.58. The van der Waals surface area contributed by atoms with E-state index >= 15 is 0 Å². The maximum atomic E-state index is 11.5. The second-order valence-electron chi connectivity index (χ2n) is 10.5. The van der Waals surface area contributed by atoms with Crippen LogP contribution in [0.5, 0.6) is 28.7 Å². The number of benzene rings is 2. The van der Waals surface area contributed by atoms with E-state index in [9.17, 15) is 10.4 Å². The summed E-state index contributed by atoms with van der Waals surface area (Å²) in [6.07, 6.45) is 2.83. The van der Waals surface area contributed by atoms with E-state index in [1.807, 2.05) is 20.9 Å². The highest BCUT2D eigenvalue weighted by Gasteiger charge is 2.56. The standard InChI is InChI=1S/C29H33N3O6/c1-6-7-36-27-15(3)28-29(38-13-37-28)23-17(27)10-19-24-22-16(8-14(2)26(35-5)25(22)34)9-18(31(24)4)20(11-30)32(19)21(23)12-33/h6,8,18-21,24,33-34H,1,7,9-10,12-13H2,2-5H3/t18-,19?,20-,21-,24-/m0/s1/i33T. The van der Waals surface area contributed by atoms with Gasteiger partial charge in [0.1, 0.15) is 18.4 Å². The topological polar surface area (TPSA) is 108 Å². The number of aliphatic hydroxyl groups excluding tert-OH is 1. The Balaban J connectivity index is 1.61. The van der Waals surface area contributed by atoms with Crippen molar-refractivity contribution in [2.45, 2.75) is 56.9 Å². The van der Waals surface area contributed by atoms with Gasteiger partial charge in [-0.1, -0.05) is 18.7 Å². The van der Waals surface area contributed by atoms with Crippen molar-refractivity contribution in [3.63, 3.8) is 0 Å². The van der Waals surface area contributed by atoms with E-state index in [-0.39, 0.29) is 37.3 Å². The van der Waals surface area contributed by atoms with E-state index in [1.165, 1.54) is 0 Å². The lowest BCUT2D eigenvalue weighted by atomic mass is 9.71. The van der Waals surface area contributed by atoms with Crippen molar-refractivity contribution in [3.8, 4) is 34.8 Å². The molecule has 1 saturated heterocycles. The van der Waals surface area contributed by atoms with Crippen LogP contribution in [0.15, 0.2) is 18.7 Å². The van der Waals surface area contributed by atoms with E-state index in [1.54, 1.807) is 13.2 Å². The van der Waals surface area contributed by atoms with Crippen molar-refractivity contribution >= 4 is 0 Å². The highest BCUT2D eigenvalue weighted by atomic mass is 16.7. The summed E-state index contributed by atoms with van der Waals surface area (Å²) < 4.78 is 31.5. The van der Waals surface area contributed by atoms with E-state index in [0.717, 1.165) is 33.4 Å². The van der Waals surface area contributed by atoms with Gasteiger partial charge < -0.3 is 29.2 Å². The van der Waals surface area contributed by atoms with Crippen LogP contribution < -0.4 is 18.9 Å². The Bertz CT molecular complexity index is 1390. The third-order valence-electron chi connectivity index (χ3n) is 8.77.